The second-order valence-corrected chi connectivity index (χ2v) is 6.31. The number of benzene rings is 1. The van der Waals surface area contributed by atoms with Gasteiger partial charge >= 0.3 is 0 Å². The predicted octanol–water partition coefficient (Wildman–Crippen LogP) is 3.86. The van der Waals surface area contributed by atoms with Crippen LogP contribution in [-0.2, 0) is 9.53 Å². The maximum atomic E-state index is 12.1. The molecular formula is C19H29NO3. The van der Waals surface area contributed by atoms with Crippen molar-refractivity contribution < 1.29 is 14.3 Å². The van der Waals surface area contributed by atoms with E-state index in [1.807, 2.05) is 24.3 Å². The second kappa shape index (κ2) is 9.56. The Labute approximate surface area is 139 Å². The number of methoxy groups -OCH3 is 2. The summed E-state index contributed by atoms with van der Waals surface area (Å²) in [5, 5.41) is 3.00. The molecule has 1 N–H and O–H groups in total. The maximum absolute atomic E-state index is 12.1. The minimum absolute atomic E-state index is 0.118. The van der Waals surface area contributed by atoms with Crippen LogP contribution in [0.4, 0.5) is 0 Å². The lowest BCUT2D eigenvalue weighted by molar-refractivity contribution is -0.122. The molecule has 128 valence electrons. The Hall–Kier alpha value is -1.55. The first-order chi connectivity index (χ1) is 11.2. The highest BCUT2D eigenvalue weighted by Crippen LogP contribution is 2.28. The van der Waals surface area contributed by atoms with Crippen molar-refractivity contribution in [2.75, 3.05) is 20.8 Å². The third kappa shape index (κ3) is 5.54. The first-order valence-electron chi connectivity index (χ1n) is 8.67. The van der Waals surface area contributed by atoms with Gasteiger partial charge in [0.2, 0.25) is 5.91 Å². The molecule has 4 heteroatoms. The summed E-state index contributed by atoms with van der Waals surface area (Å²) in [6.07, 6.45) is 8.02. The number of hydrogen-bond donors (Lipinski definition) is 1. The highest BCUT2D eigenvalue weighted by Gasteiger charge is 2.18. The van der Waals surface area contributed by atoms with Crippen LogP contribution in [0.25, 0.3) is 0 Å². The number of carbonyl (C=O) groups is 1. The van der Waals surface area contributed by atoms with Gasteiger partial charge in [0.25, 0.3) is 0 Å². The lowest BCUT2D eigenvalue weighted by Crippen LogP contribution is -2.29. The number of carbonyl (C=O) groups excluding carboxylic acids is 1. The van der Waals surface area contributed by atoms with Crippen molar-refractivity contribution in [2.45, 2.75) is 51.0 Å². The largest absolute Gasteiger partial charge is 0.496 e. The Morgan fingerprint density at radius 1 is 1.22 bits per heavy atom. The van der Waals surface area contributed by atoms with Crippen LogP contribution in [-0.4, -0.2) is 26.7 Å². The van der Waals surface area contributed by atoms with E-state index in [-0.39, 0.29) is 12.0 Å². The van der Waals surface area contributed by atoms with Gasteiger partial charge in [-0.25, -0.2) is 0 Å². The van der Waals surface area contributed by atoms with Crippen molar-refractivity contribution >= 4 is 5.91 Å². The summed E-state index contributed by atoms with van der Waals surface area (Å²) >= 11 is 0. The molecule has 1 aliphatic carbocycles. The van der Waals surface area contributed by atoms with E-state index in [0.717, 1.165) is 23.7 Å². The molecule has 2 rings (SSSR count). The first kappa shape index (κ1) is 17.8. The van der Waals surface area contributed by atoms with Crippen molar-refractivity contribution in [2.24, 2.45) is 5.92 Å². The lowest BCUT2D eigenvalue weighted by atomic mass is 9.86. The molecule has 0 bridgehead atoms. The zero-order chi connectivity index (χ0) is 16.5. The van der Waals surface area contributed by atoms with Gasteiger partial charge < -0.3 is 14.8 Å². The number of nitrogens with one attached hydrogen (secondary N) is 1. The molecule has 0 saturated heterocycles. The van der Waals surface area contributed by atoms with Gasteiger partial charge in [-0.15, -0.1) is 0 Å². The lowest BCUT2D eigenvalue weighted by Gasteiger charge is -2.22. The van der Waals surface area contributed by atoms with Gasteiger partial charge in [0.1, 0.15) is 11.9 Å². The molecule has 1 saturated carbocycles. The van der Waals surface area contributed by atoms with E-state index in [4.69, 9.17) is 9.47 Å². The molecule has 1 aliphatic rings. The molecule has 0 aromatic heterocycles. The highest BCUT2D eigenvalue weighted by molar-refractivity contribution is 5.75. The van der Waals surface area contributed by atoms with Crippen molar-refractivity contribution in [3.8, 4) is 5.75 Å². The summed E-state index contributed by atoms with van der Waals surface area (Å²) in [4.78, 5) is 12.1. The molecule has 0 heterocycles. The van der Waals surface area contributed by atoms with E-state index >= 15 is 0 Å². The van der Waals surface area contributed by atoms with Gasteiger partial charge in [0, 0.05) is 25.6 Å². The number of para-hydroxylation sites is 1. The van der Waals surface area contributed by atoms with Crippen molar-refractivity contribution in [1.29, 1.82) is 0 Å². The first-order valence-corrected chi connectivity index (χ1v) is 8.67. The zero-order valence-corrected chi connectivity index (χ0v) is 14.3. The van der Waals surface area contributed by atoms with E-state index in [1.165, 1.54) is 32.1 Å². The average Bonchev–Trinajstić information content (AvgIpc) is 2.61. The topological polar surface area (TPSA) is 47.6 Å². The molecule has 4 nitrogen and oxygen atoms in total. The number of hydrogen-bond acceptors (Lipinski definition) is 3. The molecule has 1 amide bonds. The SMILES string of the molecule is COc1ccccc1C(CNC(=O)CCC1CCCCC1)OC. The molecule has 0 aliphatic heterocycles. The smallest absolute Gasteiger partial charge is 0.220 e. The fourth-order valence-corrected chi connectivity index (χ4v) is 3.36. The van der Waals surface area contributed by atoms with Crippen molar-refractivity contribution in [3.05, 3.63) is 29.8 Å². The third-order valence-electron chi connectivity index (χ3n) is 4.76. The average molecular weight is 319 g/mol. The number of ether oxygens (including phenoxy) is 2. The normalized spacial score (nSPS) is 16.8. The summed E-state index contributed by atoms with van der Waals surface area (Å²) < 4.78 is 10.9. The van der Waals surface area contributed by atoms with Crippen LogP contribution in [0.2, 0.25) is 0 Å². The Morgan fingerprint density at radius 3 is 2.65 bits per heavy atom. The second-order valence-electron chi connectivity index (χ2n) is 6.31. The van der Waals surface area contributed by atoms with Crippen LogP contribution >= 0.6 is 0 Å². The Kier molecular flexibility index (Phi) is 7.40. The van der Waals surface area contributed by atoms with Crippen molar-refractivity contribution in [1.82, 2.24) is 5.32 Å². The Bertz CT molecular complexity index is 483. The van der Waals surface area contributed by atoms with Gasteiger partial charge in [0.15, 0.2) is 0 Å². The van der Waals surface area contributed by atoms with E-state index in [9.17, 15) is 4.79 Å². The van der Waals surface area contributed by atoms with Gasteiger partial charge in [-0.05, 0) is 18.4 Å². The fourth-order valence-electron chi connectivity index (χ4n) is 3.36. The Balaban J connectivity index is 1.79. The summed E-state index contributed by atoms with van der Waals surface area (Å²) in [5.41, 5.74) is 0.963. The molecule has 1 aromatic carbocycles. The van der Waals surface area contributed by atoms with Crippen LogP contribution in [0.15, 0.2) is 24.3 Å². The molecule has 1 atom stereocenters. The van der Waals surface area contributed by atoms with Crippen molar-refractivity contribution in [3.63, 3.8) is 0 Å². The quantitative estimate of drug-likeness (QED) is 0.791. The standard InChI is InChI=1S/C19H29NO3/c1-22-17-11-7-6-10-16(17)18(23-2)14-20-19(21)13-12-15-8-4-3-5-9-15/h6-7,10-11,15,18H,3-5,8-9,12-14H2,1-2H3,(H,20,21). The monoisotopic (exact) mass is 319 g/mol. The molecule has 1 fully saturated rings. The predicted molar refractivity (Wildman–Crippen MR) is 91.6 cm³/mol. The Morgan fingerprint density at radius 2 is 1.96 bits per heavy atom. The number of amides is 1. The third-order valence-corrected chi connectivity index (χ3v) is 4.76. The zero-order valence-electron chi connectivity index (χ0n) is 14.3. The molecule has 1 aromatic rings. The molecule has 1 unspecified atom stereocenters. The van der Waals surface area contributed by atoms with Gasteiger partial charge in [-0.3, -0.25) is 4.79 Å². The molecule has 23 heavy (non-hydrogen) atoms. The molecule has 0 spiro atoms. The summed E-state index contributed by atoms with van der Waals surface area (Å²) in [6, 6.07) is 7.76. The minimum atomic E-state index is -0.190. The van der Waals surface area contributed by atoms with Gasteiger partial charge in [-0.2, -0.15) is 0 Å². The fraction of sp³-hybridized carbons (Fsp3) is 0.632. The highest BCUT2D eigenvalue weighted by atomic mass is 16.5. The maximum Gasteiger partial charge on any atom is 0.220 e. The summed E-state index contributed by atoms with van der Waals surface area (Å²) in [7, 11) is 3.31. The van der Waals surface area contributed by atoms with Crippen LogP contribution in [0.5, 0.6) is 5.75 Å². The molecule has 0 radical (unpaired) electrons. The van der Waals surface area contributed by atoms with E-state index in [0.29, 0.717) is 13.0 Å². The van der Waals surface area contributed by atoms with E-state index < -0.39 is 0 Å². The van der Waals surface area contributed by atoms with Crippen LogP contribution in [0.1, 0.15) is 56.6 Å². The van der Waals surface area contributed by atoms with Gasteiger partial charge in [0.05, 0.1) is 7.11 Å². The summed E-state index contributed by atoms with van der Waals surface area (Å²) in [6.45, 7) is 0.473. The van der Waals surface area contributed by atoms with E-state index in [1.54, 1.807) is 14.2 Å². The van der Waals surface area contributed by atoms with E-state index in [2.05, 4.69) is 5.32 Å². The number of rotatable bonds is 8. The molecular weight excluding hydrogens is 290 g/mol. The van der Waals surface area contributed by atoms with Crippen LogP contribution < -0.4 is 10.1 Å². The van der Waals surface area contributed by atoms with Crippen LogP contribution in [0.3, 0.4) is 0 Å². The van der Waals surface area contributed by atoms with Gasteiger partial charge in [-0.1, -0.05) is 50.3 Å². The summed E-state index contributed by atoms with van der Waals surface area (Å²) in [5.74, 6) is 1.64. The van der Waals surface area contributed by atoms with Crippen LogP contribution in [0, 0.1) is 5.92 Å². The minimum Gasteiger partial charge on any atom is -0.496 e.